The van der Waals surface area contributed by atoms with Crippen molar-refractivity contribution in [1.82, 2.24) is 19.6 Å². The van der Waals surface area contributed by atoms with Crippen molar-refractivity contribution in [2.24, 2.45) is 0 Å². The van der Waals surface area contributed by atoms with Gasteiger partial charge in [0, 0.05) is 17.4 Å². The number of hydrogen-bond donors (Lipinski definition) is 1. The molecule has 5 heteroatoms. The molecule has 0 bridgehead atoms. The minimum absolute atomic E-state index is 0.613. The molecule has 0 aliphatic rings. The number of benzene rings is 1. The highest BCUT2D eigenvalue weighted by atomic mass is 15.3. The number of nitrogens with zero attached hydrogens (tertiary/aromatic N) is 4. The topological polar surface area (TPSA) is 55.1 Å². The molecule has 1 aromatic carbocycles. The molecular formula is C20H27N5. The van der Waals surface area contributed by atoms with Gasteiger partial charge in [-0.3, -0.25) is 0 Å². The molecule has 5 nitrogen and oxygen atoms in total. The predicted octanol–water partition coefficient (Wildman–Crippen LogP) is 5.08. The average molecular weight is 337 g/mol. The lowest BCUT2D eigenvalue weighted by atomic mass is 10.0. The van der Waals surface area contributed by atoms with Crippen molar-refractivity contribution in [3.05, 3.63) is 47.9 Å². The van der Waals surface area contributed by atoms with Crippen molar-refractivity contribution in [3.8, 4) is 0 Å². The number of unbranched alkanes of at least 4 members (excludes halogenated alkanes) is 5. The highest BCUT2D eigenvalue weighted by Crippen LogP contribution is 2.19. The Morgan fingerprint density at radius 1 is 1.00 bits per heavy atom. The normalized spacial score (nSPS) is 11.1. The van der Waals surface area contributed by atoms with Gasteiger partial charge in [0.15, 0.2) is 0 Å². The van der Waals surface area contributed by atoms with Crippen molar-refractivity contribution < 1.29 is 0 Å². The van der Waals surface area contributed by atoms with Gasteiger partial charge in [-0.1, -0.05) is 51.2 Å². The summed E-state index contributed by atoms with van der Waals surface area (Å²) in [5, 5.41) is 7.64. The molecule has 3 aromatic rings. The van der Waals surface area contributed by atoms with Gasteiger partial charge in [-0.25, -0.2) is 4.98 Å². The van der Waals surface area contributed by atoms with Crippen LogP contribution in [0.15, 0.2) is 36.7 Å². The molecule has 0 saturated heterocycles. The molecule has 0 radical (unpaired) electrons. The summed E-state index contributed by atoms with van der Waals surface area (Å²) in [5.41, 5.74) is 3.37. The third kappa shape index (κ3) is 4.78. The second-order valence-corrected chi connectivity index (χ2v) is 6.59. The Morgan fingerprint density at radius 2 is 1.76 bits per heavy atom. The molecular weight excluding hydrogens is 310 g/mol. The summed E-state index contributed by atoms with van der Waals surface area (Å²) < 4.78 is 1.72. The Labute approximate surface area is 149 Å². The van der Waals surface area contributed by atoms with E-state index in [0.29, 0.717) is 5.78 Å². The molecule has 1 N–H and O–H groups in total. The van der Waals surface area contributed by atoms with Gasteiger partial charge in [-0.2, -0.15) is 14.6 Å². The summed E-state index contributed by atoms with van der Waals surface area (Å²) in [6, 6.07) is 10.7. The van der Waals surface area contributed by atoms with Crippen LogP contribution < -0.4 is 5.32 Å². The number of anilines is 2. The average Bonchev–Trinajstić information content (AvgIpc) is 3.08. The van der Waals surface area contributed by atoms with Crippen LogP contribution in [0.2, 0.25) is 0 Å². The molecule has 3 rings (SSSR count). The smallest absolute Gasteiger partial charge is 0.254 e. The van der Waals surface area contributed by atoms with Crippen LogP contribution >= 0.6 is 0 Å². The molecule has 2 aromatic heterocycles. The lowest BCUT2D eigenvalue weighted by molar-refractivity contribution is 0.607. The number of aromatic nitrogens is 4. The van der Waals surface area contributed by atoms with E-state index in [9.17, 15) is 0 Å². The summed E-state index contributed by atoms with van der Waals surface area (Å²) in [4.78, 5) is 8.52. The van der Waals surface area contributed by atoms with Crippen LogP contribution in [0.25, 0.3) is 5.78 Å². The van der Waals surface area contributed by atoms with Crippen molar-refractivity contribution >= 4 is 17.3 Å². The Hall–Kier alpha value is -2.43. The van der Waals surface area contributed by atoms with Gasteiger partial charge in [0.1, 0.15) is 12.1 Å². The molecule has 0 aliphatic carbocycles. The number of nitrogens with one attached hydrogen (secondary N) is 1. The number of rotatable bonds is 9. The largest absolute Gasteiger partial charge is 0.340 e. The van der Waals surface area contributed by atoms with E-state index in [1.54, 1.807) is 4.52 Å². The second-order valence-electron chi connectivity index (χ2n) is 6.59. The van der Waals surface area contributed by atoms with Gasteiger partial charge in [0.05, 0.1) is 0 Å². The van der Waals surface area contributed by atoms with Gasteiger partial charge in [0.2, 0.25) is 0 Å². The van der Waals surface area contributed by atoms with E-state index in [0.717, 1.165) is 23.6 Å². The molecule has 0 spiro atoms. The predicted molar refractivity (Wildman–Crippen MR) is 102 cm³/mol. The van der Waals surface area contributed by atoms with E-state index in [2.05, 4.69) is 51.6 Å². The fraction of sp³-hybridized carbons (Fsp3) is 0.450. The number of aryl methyl sites for hydroxylation is 2. The van der Waals surface area contributed by atoms with Crippen LogP contribution in [0, 0.1) is 6.92 Å². The zero-order valence-electron chi connectivity index (χ0n) is 15.2. The maximum absolute atomic E-state index is 4.36. The molecule has 25 heavy (non-hydrogen) atoms. The molecule has 0 atom stereocenters. The maximum atomic E-state index is 4.36. The minimum atomic E-state index is 0.613. The van der Waals surface area contributed by atoms with Gasteiger partial charge >= 0.3 is 0 Å². The first-order valence-corrected chi connectivity index (χ1v) is 9.29. The van der Waals surface area contributed by atoms with Gasteiger partial charge in [-0.05, 0) is 37.5 Å². The van der Waals surface area contributed by atoms with Gasteiger partial charge in [-0.15, -0.1) is 0 Å². The third-order valence-corrected chi connectivity index (χ3v) is 4.43. The summed E-state index contributed by atoms with van der Waals surface area (Å²) >= 11 is 0. The van der Waals surface area contributed by atoms with Crippen molar-refractivity contribution in [3.63, 3.8) is 0 Å². The lowest BCUT2D eigenvalue weighted by Gasteiger charge is -2.09. The van der Waals surface area contributed by atoms with Crippen molar-refractivity contribution in [1.29, 1.82) is 0 Å². The Balaban J connectivity index is 1.56. The SMILES string of the molecule is CCCCCCCCc1ccc(Nc2cc(C)nc3ncnn23)cc1. The van der Waals surface area contributed by atoms with Crippen LogP contribution in [-0.2, 0) is 6.42 Å². The second kappa shape index (κ2) is 8.60. The maximum Gasteiger partial charge on any atom is 0.254 e. The van der Waals surface area contributed by atoms with Crippen LogP contribution in [0.1, 0.15) is 56.7 Å². The molecule has 132 valence electrons. The molecule has 0 saturated carbocycles. The minimum Gasteiger partial charge on any atom is -0.340 e. The van der Waals surface area contributed by atoms with E-state index < -0.39 is 0 Å². The number of fused-ring (bicyclic) bond motifs is 1. The van der Waals surface area contributed by atoms with E-state index >= 15 is 0 Å². The quantitative estimate of drug-likeness (QED) is 0.553. The molecule has 0 unspecified atom stereocenters. The first-order chi connectivity index (χ1) is 12.3. The zero-order valence-corrected chi connectivity index (χ0v) is 15.2. The number of hydrogen-bond acceptors (Lipinski definition) is 4. The summed E-state index contributed by atoms with van der Waals surface area (Å²) in [6.45, 7) is 4.22. The molecule has 0 amide bonds. The van der Waals surface area contributed by atoms with Crippen molar-refractivity contribution in [2.75, 3.05) is 5.32 Å². The van der Waals surface area contributed by atoms with Crippen LogP contribution in [0.4, 0.5) is 11.5 Å². The highest BCUT2D eigenvalue weighted by molar-refractivity contribution is 5.58. The summed E-state index contributed by atoms with van der Waals surface area (Å²) in [7, 11) is 0. The standard InChI is InChI=1S/C20H27N5/c1-3-4-5-6-7-8-9-17-10-12-18(13-11-17)24-19-14-16(2)23-20-21-15-22-25(19)20/h10-15,24H,3-9H2,1-2H3. The lowest BCUT2D eigenvalue weighted by Crippen LogP contribution is -2.02. The van der Waals surface area contributed by atoms with E-state index in [-0.39, 0.29) is 0 Å². The van der Waals surface area contributed by atoms with E-state index in [1.165, 1.54) is 50.4 Å². The Bertz CT molecular complexity index is 791. The van der Waals surface area contributed by atoms with E-state index in [1.807, 2.05) is 13.0 Å². The first kappa shape index (κ1) is 17.4. The monoisotopic (exact) mass is 337 g/mol. The summed E-state index contributed by atoms with van der Waals surface area (Å²) in [6.07, 6.45) is 10.7. The Kier molecular flexibility index (Phi) is 5.99. The molecule has 0 aliphatic heterocycles. The third-order valence-electron chi connectivity index (χ3n) is 4.43. The molecule has 2 heterocycles. The van der Waals surface area contributed by atoms with Crippen LogP contribution in [0.5, 0.6) is 0 Å². The fourth-order valence-corrected chi connectivity index (χ4v) is 3.03. The van der Waals surface area contributed by atoms with Gasteiger partial charge < -0.3 is 5.32 Å². The van der Waals surface area contributed by atoms with Gasteiger partial charge in [0.25, 0.3) is 5.78 Å². The van der Waals surface area contributed by atoms with Crippen LogP contribution in [0.3, 0.4) is 0 Å². The Morgan fingerprint density at radius 3 is 2.56 bits per heavy atom. The van der Waals surface area contributed by atoms with Crippen molar-refractivity contribution in [2.45, 2.75) is 58.8 Å². The van der Waals surface area contributed by atoms with E-state index in [4.69, 9.17) is 0 Å². The summed E-state index contributed by atoms with van der Waals surface area (Å²) in [5.74, 6) is 1.49. The zero-order chi connectivity index (χ0) is 17.5. The highest BCUT2D eigenvalue weighted by Gasteiger charge is 2.06. The fourth-order valence-electron chi connectivity index (χ4n) is 3.03. The first-order valence-electron chi connectivity index (χ1n) is 9.29. The molecule has 0 fully saturated rings. The van der Waals surface area contributed by atoms with Crippen LogP contribution in [-0.4, -0.2) is 19.6 Å².